The average Bonchev–Trinajstić information content (AvgIpc) is 3.65. The van der Waals surface area contributed by atoms with Gasteiger partial charge in [-0.05, 0) is 12.1 Å². The first-order valence-electron chi connectivity index (χ1n) is 9.76. The van der Waals surface area contributed by atoms with E-state index in [4.69, 9.17) is 25.8 Å². The van der Waals surface area contributed by atoms with Gasteiger partial charge in [-0.2, -0.15) is 13.2 Å². The molecule has 1 aliphatic heterocycles. The van der Waals surface area contributed by atoms with Crippen LogP contribution in [0, 0.1) is 5.82 Å². The van der Waals surface area contributed by atoms with Gasteiger partial charge in [-0.15, -0.1) is 0 Å². The van der Waals surface area contributed by atoms with Crippen molar-refractivity contribution in [1.82, 2.24) is 9.13 Å². The minimum Gasteiger partial charge on any atom is -0.460 e. The third-order valence-electron chi connectivity index (χ3n) is 5.27. The maximum Gasteiger partial charge on any atom is 0.431 e. The predicted molar refractivity (Wildman–Crippen MR) is 105 cm³/mol. The SMILES string of the molecule is Cn1c(C(F)(F)F)cc(=O)n(-c2cc(C(=O)OC3(C(=O)OC[C@H]4CO4)CC3)c(Cl)cc2F)c1=O. The third-order valence-corrected chi connectivity index (χ3v) is 5.59. The van der Waals surface area contributed by atoms with Crippen molar-refractivity contribution in [1.29, 1.82) is 0 Å². The fourth-order valence-electron chi connectivity index (χ4n) is 3.14. The van der Waals surface area contributed by atoms with Crippen LogP contribution in [0.1, 0.15) is 28.9 Å². The standard InChI is InChI=1S/C20H15ClF4N2O7/c1-26-14(20(23,24)25)6-15(28)27(18(26)31)13-4-10(11(21)5-12(13)22)16(29)34-19(2-3-19)17(30)33-8-9-7-32-9/h4-6,9H,2-3,7-8H2,1H3/t9-/m1/s1. The first-order chi connectivity index (χ1) is 15.8. The molecule has 0 bridgehead atoms. The molecule has 0 unspecified atom stereocenters. The van der Waals surface area contributed by atoms with Gasteiger partial charge in [0, 0.05) is 26.0 Å². The summed E-state index contributed by atoms with van der Waals surface area (Å²) in [5.41, 5.74) is -7.44. The van der Waals surface area contributed by atoms with Crippen LogP contribution in [0.5, 0.6) is 0 Å². The van der Waals surface area contributed by atoms with Gasteiger partial charge >= 0.3 is 23.8 Å². The van der Waals surface area contributed by atoms with E-state index in [1.54, 1.807) is 0 Å². The predicted octanol–water partition coefficient (Wildman–Crippen LogP) is 1.98. The molecule has 1 aliphatic carbocycles. The zero-order valence-corrected chi connectivity index (χ0v) is 18.0. The smallest absolute Gasteiger partial charge is 0.431 e. The number of carbonyl (C=O) groups excluding carboxylic acids is 2. The number of epoxide rings is 1. The molecule has 9 nitrogen and oxygen atoms in total. The Hall–Kier alpha value is -3.19. The van der Waals surface area contributed by atoms with Crippen LogP contribution in [0.4, 0.5) is 17.6 Å². The fourth-order valence-corrected chi connectivity index (χ4v) is 3.37. The molecule has 2 aliphatic rings. The summed E-state index contributed by atoms with van der Waals surface area (Å²) in [5.74, 6) is -3.24. The fraction of sp³-hybridized carbons (Fsp3) is 0.400. The molecule has 2 aromatic rings. The lowest BCUT2D eigenvalue weighted by molar-refractivity contribution is -0.157. The molecule has 0 spiro atoms. The zero-order chi connectivity index (χ0) is 25.0. The Morgan fingerprint density at radius 3 is 2.44 bits per heavy atom. The normalized spacial score (nSPS) is 18.4. The van der Waals surface area contributed by atoms with Crippen molar-refractivity contribution in [3.05, 3.63) is 61.1 Å². The number of alkyl halides is 3. The molecule has 34 heavy (non-hydrogen) atoms. The molecule has 0 amide bonds. The van der Waals surface area contributed by atoms with Crippen LogP contribution in [0.2, 0.25) is 5.02 Å². The monoisotopic (exact) mass is 506 g/mol. The third kappa shape index (κ3) is 4.44. The molecule has 14 heteroatoms. The van der Waals surface area contributed by atoms with Gasteiger partial charge in [0.15, 0.2) is 0 Å². The number of benzene rings is 1. The summed E-state index contributed by atoms with van der Waals surface area (Å²) >= 11 is 5.93. The second kappa shape index (κ2) is 8.24. The Morgan fingerprint density at radius 2 is 1.88 bits per heavy atom. The largest absolute Gasteiger partial charge is 0.460 e. The van der Waals surface area contributed by atoms with Crippen molar-refractivity contribution in [2.24, 2.45) is 7.05 Å². The van der Waals surface area contributed by atoms with E-state index in [1.807, 2.05) is 0 Å². The van der Waals surface area contributed by atoms with Crippen LogP contribution in [0.3, 0.4) is 0 Å². The van der Waals surface area contributed by atoms with E-state index < -0.39 is 62.7 Å². The number of hydrogen-bond acceptors (Lipinski definition) is 7. The molecule has 1 atom stereocenters. The number of carbonyl (C=O) groups is 2. The van der Waals surface area contributed by atoms with Gasteiger partial charge in [0.1, 0.15) is 24.2 Å². The molecule has 2 heterocycles. The highest BCUT2D eigenvalue weighted by Gasteiger charge is 2.56. The highest BCUT2D eigenvalue weighted by atomic mass is 35.5. The average molecular weight is 507 g/mol. The number of hydrogen-bond donors (Lipinski definition) is 0. The summed E-state index contributed by atoms with van der Waals surface area (Å²) in [6.07, 6.45) is -4.91. The lowest BCUT2D eigenvalue weighted by Gasteiger charge is -2.17. The highest BCUT2D eigenvalue weighted by molar-refractivity contribution is 6.33. The van der Waals surface area contributed by atoms with Crippen LogP contribution < -0.4 is 11.2 Å². The quantitative estimate of drug-likeness (QED) is 0.335. The number of nitrogens with zero attached hydrogens (tertiary/aromatic N) is 2. The van der Waals surface area contributed by atoms with Gasteiger partial charge in [-0.25, -0.2) is 23.3 Å². The molecular formula is C20H15ClF4N2O7. The second-order valence-electron chi connectivity index (χ2n) is 7.76. The summed E-state index contributed by atoms with van der Waals surface area (Å²) in [6, 6.07) is 1.40. The molecule has 1 aromatic heterocycles. The Kier molecular flexibility index (Phi) is 5.80. The maximum absolute atomic E-state index is 14.6. The highest BCUT2D eigenvalue weighted by Crippen LogP contribution is 2.42. The summed E-state index contributed by atoms with van der Waals surface area (Å²) in [5, 5.41) is -0.474. The number of rotatable bonds is 6. The zero-order valence-electron chi connectivity index (χ0n) is 17.3. The van der Waals surface area contributed by atoms with E-state index >= 15 is 0 Å². The van der Waals surface area contributed by atoms with Crippen LogP contribution in [0.25, 0.3) is 5.69 Å². The Balaban J connectivity index is 1.68. The van der Waals surface area contributed by atoms with Crippen molar-refractivity contribution >= 4 is 23.5 Å². The topological polar surface area (TPSA) is 109 Å². The van der Waals surface area contributed by atoms with Crippen molar-refractivity contribution in [2.45, 2.75) is 30.7 Å². The molecule has 4 rings (SSSR count). The molecule has 2 fully saturated rings. The van der Waals surface area contributed by atoms with Gasteiger partial charge in [-0.3, -0.25) is 9.36 Å². The van der Waals surface area contributed by atoms with Crippen LogP contribution in [0.15, 0.2) is 27.8 Å². The van der Waals surface area contributed by atoms with Gasteiger partial charge in [0.05, 0.1) is 22.9 Å². The van der Waals surface area contributed by atoms with Crippen LogP contribution in [-0.2, 0) is 32.2 Å². The molecular weight excluding hydrogens is 492 g/mol. The molecule has 1 aromatic carbocycles. The first kappa shape index (κ1) is 24.0. The first-order valence-corrected chi connectivity index (χ1v) is 10.1. The summed E-state index contributed by atoms with van der Waals surface area (Å²) in [7, 11) is 0.749. The van der Waals surface area contributed by atoms with E-state index in [0.29, 0.717) is 18.7 Å². The number of ether oxygens (including phenoxy) is 3. The Bertz CT molecular complexity index is 1310. The van der Waals surface area contributed by atoms with Crippen molar-refractivity contribution in [3.63, 3.8) is 0 Å². The van der Waals surface area contributed by atoms with Crippen LogP contribution >= 0.6 is 11.6 Å². The van der Waals surface area contributed by atoms with Crippen molar-refractivity contribution in [3.8, 4) is 5.69 Å². The van der Waals surface area contributed by atoms with Gasteiger partial charge in [0.2, 0.25) is 5.60 Å². The van der Waals surface area contributed by atoms with Crippen molar-refractivity contribution < 1.29 is 41.4 Å². The molecule has 0 N–H and O–H groups in total. The summed E-state index contributed by atoms with van der Waals surface area (Å²) in [6.45, 7) is 0.427. The lowest BCUT2D eigenvalue weighted by atomic mass is 10.1. The minimum absolute atomic E-state index is 0.0142. The number of esters is 2. The van der Waals surface area contributed by atoms with Gasteiger partial charge in [-0.1, -0.05) is 11.6 Å². The summed E-state index contributed by atoms with van der Waals surface area (Å²) < 4.78 is 69.3. The Labute approximate surface area is 192 Å². The van der Waals surface area contributed by atoms with E-state index in [2.05, 4.69) is 0 Å². The van der Waals surface area contributed by atoms with Gasteiger partial charge < -0.3 is 14.2 Å². The second-order valence-corrected chi connectivity index (χ2v) is 8.17. The maximum atomic E-state index is 14.6. The Morgan fingerprint density at radius 1 is 1.24 bits per heavy atom. The van der Waals surface area contributed by atoms with E-state index in [0.717, 1.165) is 7.05 Å². The lowest BCUT2D eigenvalue weighted by Crippen LogP contribution is -2.41. The van der Waals surface area contributed by atoms with E-state index in [-0.39, 0.29) is 40.8 Å². The molecule has 182 valence electrons. The molecule has 1 saturated heterocycles. The molecule has 1 saturated carbocycles. The number of halogens is 5. The molecule has 0 radical (unpaired) electrons. The van der Waals surface area contributed by atoms with Gasteiger partial charge in [0.25, 0.3) is 5.56 Å². The van der Waals surface area contributed by atoms with E-state index in [1.165, 1.54) is 0 Å². The van der Waals surface area contributed by atoms with Crippen LogP contribution in [-0.4, -0.2) is 46.0 Å². The minimum atomic E-state index is -5.02. The number of aromatic nitrogens is 2. The van der Waals surface area contributed by atoms with Crippen molar-refractivity contribution in [2.75, 3.05) is 13.2 Å². The summed E-state index contributed by atoms with van der Waals surface area (Å²) in [4.78, 5) is 49.8. The van der Waals surface area contributed by atoms with E-state index in [9.17, 15) is 36.7 Å².